The number of ether oxygens (including phenoxy) is 1. The fourth-order valence-corrected chi connectivity index (χ4v) is 2.07. The monoisotopic (exact) mass is 272 g/mol. The Balaban J connectivity index is -0.0000000605. The number of aliphatic hydroxyl groups excluding tert-OH is 1. The van der Waals surface area contributed by atoms with Crippen molar-refractivity contribution in [2.45, 2.75) is 62.7 Å². The third kappa shape index (κ3) is 26.0. The van der Waals surface area contributed by atoms with E-state index in [4.69, 9.17) is 14.3 Å². The zero-order valence-electron chi connectivity index (χ0n) is 8.30. The first-order valence-corrected chi connectivity index (χ1v) is 7.47. The summed E-state index contributed by atoms with van der Waals surface area (Å²) in [6.45, 7) is 5.69. The van der Waals surface area contributed by atoms with E-state index in [1.54, 1.807) is 7.11 Å². The van der Waals surface area contributed by atoms with Crippen LogP contribution in [0.2, 0.25) is 19.1 Å². The van der Waals surface area contributed by atoms with Gasteiger partial charge in [0.1, 0.15) is 0 Å². The van der Waals surface area contributed by atoms with Gasteiger partial charge in [-0.1, -0.05) is 37.1 Å². The van der Waals surface area contributed by atoms with E-state index < -0.39 is 8.32 Å². The molecule has 0 heterocycles. The first kappa shape index (κ1) is 36.0. The molecule has 0 radical (unpaired) electrons. The third-order valence-electron chi connectivity index (χ3n) is 1.86. The predicted molar refractivity (Wildman–Crippen MR) is 85.5 cm³/mol. The Morgan fingerprint density at radius 2 is 1.41 bits per heavy atom. The van der Waals surface area contributed by atoms with Gasteiger partial charge in [-0.15, -0.1) is 0 Å². The molecule has 1 N–H and O–H groups in total. The molecule has 114 valence electrons. The Kier molecular flexibility index (Phi) is 45.3. The summed E-state index contributed by atoms with van der Waals surface area (Å²) >= 11 is 0. The van der Waals surface area contributed by atoms with Crippen LogP contribution in [0, 0.1) is 0 Å². The summed E-state index contributed by atoms with van der Waals surface area (Å²) in [6.07, 6.45) is 1.03. The maximum Gasteiger partial charge on any atom is 0.186 e. The summed E-state index contributed by atoms with van der Waals surface area (Å²) in [5.41, 5.74) is 0. The maximum absolute atomic E-state index is 8.43. The molecule has 0 fully saturated rings. The van der Waals surface area contributed by atoms with Crippen molar-refractivity contribution in [3.8, 4) is 0 Å². The van der Waals surface area contributed by atoms with Gasteiger partial charge in [0.2, 0.25) is 0 Å². The molecule has 0 aliphatic carbocycles. The highest BCUT2D eigenvalue weighted by atomic mass is 28.4. The summed E-state index contributed by atoms with van der Waals surface area (Å²) in [5.74, 6) is 0. The molecule has 0 aliphatic heterocycles. The molecule has 0 rings (SSSR count). The lowest BCUT2D eigenvalue weighted by atomic mass is 10.5. The van der Waals surface area contributed by atoms with Gasteiger partial charge in [-0.25, -0.2) is 0 Å². The fraction of sp³-hybridized carbons (Fsp3) is 1.00. The first-order chi connectivity index (χ1) is 5.62. The SMILES string of the molecule is C.C.C.C.C.CO[Si](C)(C)CCCOCCO. The van der Waals surface area contributed by atoms with Gasteiger partial charge in [0.25, 0.3) is 0 Å². The molecule has 0 unspecified atom stereocenters. The molecule has 0 saturated carbocycles. The van der Waals surface area contributed by atoms with Crippen LogP contribution in [-0.4, -0.2) is 40.4 Å². The topological polar surface area (TPSA) is 38.7 Å². The van der Waals surface area contributed by atoms with Crippen molar-refractivity contribution in [3.63, 3.8) is 0 Å². The van der Waals surface area contributed by atoms with E-state index in [-0.39, 0.29) is 43.7 Å². The van der Waals surface area contributed by atoms with Gasteiger partial charge in [-0.3, -0.25) is 0 Å². The molecular formula is C13H40O3Si. The van der Waals surface area contributed by atoms with E-state index in [2.05, 4.69) is 13.1 Å². The molecule has 3 nitrogen and oxygen atoms in total. The Labute approximate surface area is 113 Å². The van der Waals surface area contributed by atoms with E-state index in [1.165, 1.54) is 0 Å². The van der Waals surface area contributed by atoms with Crippen molar-refractivity contribution in [1.29, 1.82) is 0 Å². The molecule has 0 atom stereocenters. The second-order valence-corrected chi connectivity index (χ2v) is 7.83. The molecule has 0 bridgehead atoms. The largest absolute Gasteiger partial charge is 0.420 e. The Hall–Kier alpha value is 0.0969. The molecule has 0 aromatic rings. The van der Waals surface area contributed by atoms with Crippen LogP contribution >= 0.6 is 0 Å². The molecule has 17 heavy (non-hydrogen) atoms. The van der Waals surface area contributed by atoms with Crippen LogP contribution < -0.4 is 0 Å². The normalized spacial score (nSPS) is 8.47. The lowest BCUT2D eigenvalue weighted by Crippen LogP contribution is -2.28. The van der Waals surface area contributed by atoms with Gasteiger partial charge in [0.15, 0.2) is 8.32 Å². The van der Waals surface area contributed by atoms with Crippen LogP contribution in [0.3, 0.4) is 0 Å². The summed E-state index contributed by atoms with van der Waals surface area (Å²) < 4.78 is 10.5. The minimum absolute atomic E-state index is 0. The minimum Gasteiger partial charge on any atom is -0.420 e. The summed E-state index contributed by atoms with van der Waals surface area (Å²) in [7, 11) is 0.399. The fourth-order valence-electron chi connectivity index (χ4n) is 0.869. The van der Waals surface area contributed by atoms with Crippen molar-refractivity contribution >= 4 is 8.32 Å². The molecule has 0 spiro atoms. The quantitative estimate of drug-likeness (QED) is 0.551. The average molecular weight is 273 g/mol. The van der Waals surface area contributed by atoms with Crippen LogP contribution in [0.1, 0.15) is 43.6 Å². The van der Waals surface area contributed by atoms with Gasteiger partial charge in [-0.2, -0.15) is 0 Å². The zero-order chi connectivity index (χ0) is 9.45. The second kappa shape index (κ2) is 21.4. The van der Waals surface area contributed by atoms with Crippen molar-refractivity contribution in [3.05, 3.63) is 0 Å². The smallest absolute Gasteiger partial charge is 0.186 e. The molecule has 0 amide bonds. The van der Waals surface area contributed by atoms with Crippen molar-refractivity contribution in [2.24, 2.45) is 0 Å². The molecule has 0 aromatic carbocycles. The number of aliphatic hydroxyl groups is 1. The summed E-state index contributed by atoms with van der Waals surface area (Å²) in [4.78, 5) is 0. The third-order valence-corrected chi connectivity index (χ3v) is 4.52. The van der Waals surface area contributed by atoms with Crippen molar-refractivity contribution < 1.29 is 14.3 Å². The van der Waals surface area contributed by atoms with E-state index in [0.717, 1.165) is 19.1 Å². The molecular weight excluding hydrogens is 232 g/mol. The molecule has 0 aliphatic rings. The summed E-state index contributed by atoms with van der Waals surface area (Å²) in [6, 6.07) is 1.12. The van der Waals surface area contributed by atoms with E-state index in [9.17, 15) is 0 Å². The molecule has 0 aromatic heterocycles. The highest BCUT2D eigenvalue weighted by Gasteiger charge is 2.19. The maximum atomic E-state index is 8.43. The Morgan fingerprint density at radius 3 is 1.76 bits per heavy atom. The van der Waals surface area contributed by atoms with Crippen LogP contribution in [0.4, 0.5) is 0 Å². The Morgan fingerprint density at radius 1 is 0.941 bits per heavy atom. The average Bonchev–Trinajstić information content (AvgIpc) is 2.04. The van der Waals surface area contributed by atoms with E-state index in [0.29, 0.717) is 6.61 Å². The molecule has 4 heteroatoms. The zero-order valence-corrected chi connectivity index (χ0v) is 9.30. The van der Waals surface area contributed by atoms with Gasteiger partial charge in [0.05, 0.1) is 13.2 Å². The van der Waals surface area contributed by atoms with Gasteiger partial charge in [0, 0.05) is 13.7 Å². The number of hydrogen-bond acceptors (Lipinski definition) is 3. The number of hydrogen-bond donors (Lipinski definition) is 1. The van der Waals surface area contributed by atoms with Gasteiger partial charge in [-0.05, 0) is 25.6 Å². The van der Waals surface area contributed by atoms with Gasteiger partial charge < -0.3 is 14.3 Å². The van der Waals surface area contributed by atoms with Crippen LogP contribution in [-0.2, 0) is 9.16 Å². The van der Waals surface area contributed by atoms with Crippen LogP contribution in [0.25, 0.3) is 0 Å². The lowest BCUT2D eigenvalue weighted by Gasteiger charge is -2.19. The number of rotatable bonds is 7. The van der Waals surface area contributed by atoms with Crippen LogP contribution in [0.15, 0.2) is 0 Å². The Bertz CT molecular complexity index is 109. The van der Waals surface area contributed by atoms with E-state index in [1.807, 2.05) is 0 Å². The molecule has 0 saturated heterocycles. The van der Waals surface area contributed by atoms with Crippen molar-refractivity contribution in [1.82, 2.24) is 0 Å². The first-order valence-electron chi connectivity index (χ1n) is 4.36. The lowest BCUT2D eigenvalue weighted by molar-refractivity contribution is 0.0922. The summed E-state index contributed by atoms with van der Waals surface area (Å²) in [5, 5.41) is 8.43. The second-order valence-electron chi connectivity index (χ2n) is 3.40. The van der Waals surface area contributed by atoms with Crippen LogP contribution in [0.5, 0.6) is 0 Å². The predicted octanol–water partition coefficient (Wildman–Crippen LogP) is 4.42. The van der Waals surface area contributed by atoms with Crippen molar-refractivity contribution in [2.75, 3.05) is 26.9 Å². The highest BCUT2D eigenvalue weighted by Crippen LogP contribution is 2.11. The van der Waals surface area contributed by atoms with Gasteiger partial charge >= 0.3 is 0 Å². The minimum atomic E-state index is -1.38. The van der Waals surface area contributed by atoms with E-state index >= 15 is 0 Å². The highest BCUT2D eigenvalue weighted by molar-refractivity contribution is 6.71. The standard InChI is InChI=1S/C8H20O3Si.5CH4/c1-10-12(2,3)8-4-6-11-7-5-9;;;;;/h9H,4-8H2,1-3H3;5*1H4.